The molecule has 1 N–H and O–H groups in total. The Morgan fingerprint density at radius 2 is 1.21 bits per heavy atom. The van der Waals surface area contributed by atoms with Crippen molar-refractivity contribution in [2.24, 2.45) is 0 Å². The summed E-state index contributed by atoms with van der Waals surface area (Å²) in [7, 11) is -5.17. The topological polar surface area (TPSA) is 146 Å². The molecule has 0 radical (unpaired) electrons. The normalized spacial score (nSPS) is 11.8. The van der Waals surface area contributed by atoms with Crippen LogP contribution in [0.5, 0.6) is 0 Å². The molecule has 238 valence electrons. The van der Waals surface area contributed by atoms with Crippen LogP contribution in [0.3, 0.4) is 0 Å². The average molecular weight is 640 g/mol. The number of carbonyl (C=O) groups is 2. The minimum Gasteiger partial charge on any atom is -0.790 e. The minimum atomic E-state index is -5.17. The van der Waals surface area contributed by atoms with E-state index >= 15 is 0 Å². The van der Waals surface area contributed by atoms with Crippen LogP contribution in [0.25, 0.3) is 0 Å². The quantitative estimate of drug-likeness (QED) is 0.0355. The second-order valence-electron chi connectivity index (χ2n) is 10.5. The fraction of sp³-hybridized carbons (Fsp3) is 0.931. The summed E-state index contributed by atoms with van der Waals surface area (Å²) in [4.78, 5) is 44.6. The second-order valence-corrected chi connectivity index (χ2v) is 11.6. The summed E-state index contributed by atoms with van der Waals surface area (Å²) in [5, 5.41) is 2.82. The van der Waals surface area contributed by atoms with Gasteiger partial charge >= 0.3 is 65.1 Å². The van der Waals surface area contributed by atoms with E-state index < -0.39 is 26.5 Å². The monoisotopic (exact) mass is 639 g/mol. The van der Waals surface area contributed by atoms with Gasteiger partial charge in [-0.1, -0.05) is 103 Å². The number of phosphoric ester groups is 1. The summed E-state index contributed by atoms with van der Waals surface area (Å²) in [6, 6.07) is 0. The van der Waals surface area contributed by atoms with Gasteiger partial charge in [-0.05, 0) is 19.3 Å². The number of nitrogens with one attached hydrogen (secondary N) is 1. The molecule has 0 aliphatic rings. The van der Waals surface area contributed by atoms with Crippen LogP contribution in [0.15, 0.2) is 0 Å². The zero-order chi connectivity index (χ0) is 29.7. The molecule has 0 bridgehead atoms. The predicted octanol–water partition coefficient (Wildman–Crippen LogP) is -0.690. The summed E-state index contributed by atoms with van der Waals surface area (Å²) in [5.41, 5.74) is 0. The van der Waals surface area contributed by atoms with Gasteiger partial charge in [-0.3, -0.25) is 9.59 Å². The van der Waals surface area contributed by atoms with Crippen LogP contribution in [-0.2, 0) is 32.9 Å². The number of rotatable bonds is 30. The van der Waals surface area contributed by atoms with Gasteiger partial charge in [0.1, 0.15) is 12.9 Å². The van der Waals surface area contributed by atoms with E-state index in [1.54, 1.807) is 6.92 Å². The zero-order valence-electron chi connectivity index (χ0n) is 27.2. The molecule has 10 nitrogen and oxygen atoms in total. The standard InChI is InChI=1S/C29H58NO9P.2Na/c1-3-4-5-6-12-15-18-21-29(32)39-28(25-38-40(33,34)35)24-37-26-36-23-20-17-14-11-9-7-8-10-13-16-19-22-30-27(2)31;;/h28H,3-26H2,1-2H3,(H,30,31)(H2,33,34,35);;/q;2*+1/p-2/t28-;;/m0../s1. The first-order chi connectivity index (χ1) is 19.2. The molecule has 0 spiro atoms. The molecule has 42 heavy (non-hydrogen) atoms. The van der Waals surface area contributed by atoms with Gasteiger partial charge in [0.15, 0.2) is 0 Å². The van der Waals surface area contributed by atoms with Crippen molar-refractivity contribution in [1.82, 2.24) is 5.32 Å². The van der Waals surface area contributed by atoms with Crippen LogP contribution in [0.4, 0.5) is 0 Å². The Morgan fingerprint density at radius 3 is 1.74 bits per heavy atom. The molecule has 1 atom stereocenters. The number of amides is 1. The van der Waals surface area contributed by atoms with Crippen molar-refractivity contribution in [2.45, 2.75) is 142 Å². The minimum absolute atomic E-state index is 0. The molecule has 0 heterocycles. The number of unbranched alkanes of at least 4 members (excludes halogenated alkanes) is 16. The molecular weight excluding hydrogens is 583 g/mol. The van der Waals surface area contributed by atoms with E-state index in [4.69, 9.17) is 14.2 Å². The molecule has 13 heteroatoms. The molecule has 0 aromatic carbocycles. The van der Waals surface area contributed by atoms with Gasteiger partial charge in [-0.15, -0.1) is 0 Å². The molecule has 0 rings (SSSR count). The first-order valence-corrected chi connectivity index (χ1v) is 17.0. The number of hydrogen-bond donors (Lipinski definition) is 1. The van der Waals surface area contributed by atoms with Gasteiger partial charge in [0, 0.05) is 26.5 Å². The van der Waals surface area contributed by atoms with Crippen molar-refractivity contribution < 1.29 is 102 Å². The Balaban J connectivity index is -0.00000760. The Morgan fingerprint density at radius 1 is 0.714 bits per heavy atom. The second kappa shape index (κ2) is 34.8. The van der Waals surface area contributed by atoms with E-state index in [0.29, 0.717) is 13.0 Å². The van der Waals surface area contributed by atoms with Crippen LogP contribution in [0, 0.1) is 0 Å². The number of ether oxygens (including phenoxy) is 3. The van der Waals surface area contributed by atoms with Gasteiger partial charge in [0.25, 0.3) is 0 Å². The van der Waals surface area contributed by atoms with Crippen molar-refractivity contribution in [1.29, 1.82) is 0 Å². The van der Waals surface area contributed by atoms with E-state index in [1.807, 2.05) is 0 Å². The SMILES string of the molecule is CCCCCCCCCC(=O)O[C@@H](COCOCCCCCCCCCCCCCNC(C)=O)COP(=O)([O-])[O-].[Na+].[Na+]. The van der Waals surface area contributed by atoms with E-state index in [1.165, 1.54) is 70.6 Å². The maximum absolute atomic E-state index is 12.1. The maximum atomic E-state index is 12.1. The fourth-order valence-corrected chi connectivity index (χ4v) is 4.59. The summed E-state index contributed by atoms with van der Waals surface area (Å²) < 4.78 is 31.2. The van der Waals surface area contributed by atoms with Gasteiger partial charge in [0.2, 0.25) is 5.91 Å². The molecule has 0 saturated heterocycles. The van der Waals surface area contributed by atoms with E-state index in [0.717, 1.165) is 45.1 Å². The first-order valence-electron chi connectivity index (χ1n) is 15.5. The van der Waals surface area contributed by atoms with Gasteiger partial charge in [-0.25, -0.2) is 0 Å². The Hall–Kier alpha value is 0.970. The smallest absolute Gasteiger partial charge is 0.790 e. The molecule has 0 aromatic heterocycles. The number of carbonyl (C=O) groups excluding carboxylic acids is 2. The van der Waals surface area contributed by atoms with Crippen molar-refractivity contribution >= 4 is 19.7 Å². The third-order valence-electron chi connectivity index (χ3n) is 6.51. The van der Waals surface area contributed by atoms with Crippen LogP contribution < -0.4 is 74.2 Å². The van der Waals surface area contributed by atoms with E-state index in [9.17, 15) is 23.9 Å². The molecule has 0 fully saturated rings. The van der Waals surface area contributed by atoms with Crippen LogP contribution in [-0.4, -0.2) is 51.1 Å². The van der Waals surface area contributed by atoms with Crippen molar-refractivity contribution in [2.75, 3.05) is 33.2 Å². The summed E-state index contributed by atoms with van der Waals surface area (Å²) in [5.74, 6) is -0.418. The van der Waals surface area contributed by atoms with Gasteiger partial charge < -0.3 is 38.4 Å². The molecular formula is C29H56NNa2O9P. The predicted molar refractivity (Wildman–Crippen MR) is 152 cm³/mol. The van der Waals surface area contributed by atoms with Gasteiger partial charge in [-0.2, -0.15) is 0 Å². The molecule has 0 unspecified atom stereocenters. The molecule has 0 aromatic rings. The number of esters is 1. The molecule has 0 aliphatic carbocycles. The third-order valence-corrected chi connectivity index (χ3v) is 6.98. The Kier molecular flexibility index (Phi) is 39.3. The summed E-state index contributed by atoms with van der Waals surface area (Å²) in [6.45, 7) is 4.36. The van der Waals surface area contributed by atoms with Crippen molar-refractivity contribution in [3.8, 4) is 0 Å². The van der Waals surface area contributed by atoms with Crippen molar-refractivity contribution in [3.05, 3.63) is 0 Å². The zero-order valence-corrected chi connectivity index (χ0v) is 32.1. The van der Waals surface area contributed by atoms with Crippen LogP contribution >= 0.6 is 7.82 Å². The van der Waals surface area contributed by atoms with Crippen LogP contribution in [0.2, 0.25) is 0 Å². The molecule has 1 amide bonds. The largest absolute Gasteiger partial charge is 1.00 e. The fourth-order valence-electron chi connectivity index (χ4n) is 4.24. The molecule has 0 aliphatic heterocycles. The number of hydrogen-bond acceptors (Lipinski definition) is 9. The van der Waals surface area contributed by atoms with E-state index in [2.05, 4.69) is 16.8 Å². The Bertz CT molecular complexity index is 657. The van der Waals surface area contributed by atoms with E-state index in [-0.39, 0.29) is 84.8 Å². The van der Waals surface area contributed by atoms with Crippen molar-refractivity contribution in [3.63, 3.8) is 0 Å². The summed E-state index contributed by atoms with van der Waals surface area (Å²) >= 11 is 0. The van der Waals surface area contributed by atoms with Gasteiger partial charge in [0.05, 0.1) is 21.0 Å². The Labute approximate surface area is 299 Å². The average Bonchev–Trinajstić information content (AvgIpc) is 2.89. The van der Waals surface area contributed by atoms with Crippen LogP contribution in [0.1, 0.15) is 136 Å². The maximum Gasteiger partial charge on any atom is 1.00 e. The first kappa shape index (κ1) is 47.4. The third kappa shape index (κ3) is 39.0. The number of phosphoric acid groups is 1. The molecule has 0 saturated carbocycles. The summed E-state index contributed by atoms with van der Waals surface area (Å²) in [6.07, 6.45) is 19.6.